The van der Waals surface area contributed by atoms with E-state index in [1.165, 1.54) is 19.3 Å². The summed E-state index contributed by atoms with van der Waals surface area (Å²) in [6.07, 6.45) is 3.69. The summed E-state index contributed by atoms with van der Waals surface area (Å²) in [7, 11) is 1.88. The van der Waals surface area contributed by atoms with Gasteiger partial charge in [-0.3, -0.25) is 0 Å². The van der Waals surface area contributed by atoms with Gasteiger partial charge in [0.05, 0.1) is 0 Å². The Labute approximate surface area is 119 Å². The van der Waals surface area contributed by atoms with Crippen LogP contribution in [-0.4, -0.2) is 22.6 Å². The highest BCUT2D eigenvalue weighted by atomic mass is 15.1. The lowest BCUT2D eigenvalue weighted by molar-refractivity contribution is 0.306. The summed E-state index contributed by atoms with van der Waals surface area (Å²) in [4.78, 5) is 9.19. The monoisotopic (exact) mass is 268 g/mol. The van der Waals surface area contributed by atoms with Crippen molar-refractivity contribution >= 4 is 11.6 Å². The average molecular weight is 268 g/mol. The van der Waals surface area contributed by atoms with Crippen molar-refractivity contribution in [3.8, 4) is 11.4 Å². The van der Waals surface area contributed by atoms with Crippen LogP contribution in [0, 0.1) is 0 Å². The minimum Gasteiger partial charge on any atom is -0.373 e. The zero-order valence-electron chi connectivity index (χ0n) is 12.0. The van der Waals surface area contributed by atoms with Crippen LogP contribution in [0.4, 0.5) is 11.6 Å². The summed E-state index contributed by atoms with van der Waals surface area (Å²) >= 11 is 0. The van der Waals surface area contributed by atoms with E-state index in [2.05, 4.69) is 27.5 Å². The Balaban J connectivity index is 1.94. The summed E-state index contributed by atoms with van der Waals surface area (Å²) in [5.74, 6) is 2.48. The van der Waals surface area contributed by atoms with Gasteiger partial charge in [0.25, 0.3) is 0 Å². The molecule has 104 valence electrons. The molecular weight excluding hydrogens is 248 g/mol. The second-order valence-corrected chi connectivity index (χ2v) is 5.62. The molecule has 0 radical (unpaired) electrons. The van der Waals surface area contributed by atoms with E-state index in [-0.39, 0.29) is 5.54 Å². The van der Waals surface area contributed by atoms with Crippen LogP contribution in [0.25, 0.3) is 11.4 Å². The molecule has 0 aliphatic heterocycles. The van der Waals surface area contributed by atoms with Gasteiger partial charge in [0.2, 0.25) is 0 Å². The summed E-state index contributed by atoms with van der Waals surface area (Å²) in [5.41, 5.74) is 1.22. The first-order valence-corrected chi connectivity index (χ1v) is 7.09. The first-order chi connectivity index (χ1) is 9.68. The van der Waals surface area contributed by atoms with E-state index in [1.807, 2.05) is 43.4 Å². The Bertz CT molecular complexity index is 591. The van der Waals surface area contributed by atoms with E-state index in [9.17, 15) is 0 Å². The fourth-order valence-electron chi connectivity index (χ4n) is 2.50. The van der Waals surface area contributed by atoms with Gasteiger partial charge in [0, 0.05) is 24.2 Å². The van der Waals surface area contributed by atoms with Crippen LogP contribution in [-0.2, 0) is 0 Å². The van der Waals surface area contributed by atoms with Gasteiger partial charge < -0.3 is 10.6 Å². The van der Waals surface area contributed by atoms with Crippen molar-refractivity contribution in [3.63, 3.8) is 0 Å². The molecule has 0 bridgehead atoms. The van der Waals surface area contributed by atoms with Gasteiger partial charge in [-0.05, 0) is 26.2 Å². The molecule has 1 fully saturated rings. The van der Waals surface area contributed by atoms with Crippen LogP contribution in [0.3, 0.4) is 0 Å². The Morgan fingerprint density at radius 2 is 1.75 bits per heavy atom. The maximum absolute atomic E-state index is 4.66. The largest absolute Gasteiger partial charge is 0.373 e. The van der Waals surface area contributed by atoms with E-state index < -0.39 is 0 Å². The van der Waals surface area contributed by atoms with E-state index in [0.717, 1.165) is 23.0 Å². The van der Waals surface area contributed by atoms with Crippen molar-refractivity contribution in [2.24, 2.45) is 0 Å². The molecule has 1 aliphatic carbocycles. The van der Waals surface area contributed by atoms with Crippen molar-refractivity contribution in [2.75, 3.05) is 17.7 Å². The fraction of sp³-hybridized carbons (Fsp3) is 0.375. The number of hydrogen-bond donors (Lipinski definition) is 2. The Morgan fingerprint density at radius 1 is 1.05 bits per heavy atom. The van der Waals surface area contributed by atoms with Gasteiger partial charge in [-0.25, -0.2) is 9.97 Å². The molecule has 1 aliphatic rings. The zero-order chi connectivity index (χ0) is 14.0. The highest BCUT2D eigenvalue weighted by molar-refractivity contribution is 5.61. The molecule has 1 saturated carbocycles. The summed E-state index contributed by atoms with van der Waals surface area (Å²) in [5, 5.41) is 6.66. The summed E-state index contributed by atoms with van der Waals surface area (Å²) < 4.78 is 0. The fourth-order valence-corrected chi connectivity index (χ4v) is 2.50. The van der Waals surface area contributed by atoms with E-state index in [0.29, 0.717) is 0 Å². The van der Waals surface area contributed by atoms with Gasteiger partial charge >= 0.3 is 0 Å². The molecule has 1 aromatic carbocycles. The molecule has 0 unspecified atom stereocenters. The normalized spacial score (nSPS) is 16.3. The van der Waals surface area contributed by atoms with Crippen LogP contribution < -0.4 is 10.6 Å². The van der Waals surface area contributed by atoms with Crippen molar-refractivity contribution in [1.82, 2.24) is 9.97 Å². The topological polar surface area (TPSA) is 49.8 Å². The minimum absolute atomic E-state index is 0.188. The smallest absolute Gasteiger partial charge is 0.163 e. The number of rotatable bonds is 4. The zero-order valence-corrected chi connectivity index (χ0v) is 12.0. The molecule has 2 aromatic rings. The number of benzene rings is 1. The van der Waals surface area contributed by atoms with Gasteiger partial charge in [-0.15, -0.1) is 0 Å². The standard InChI is InChI=1S/C16H20N4/c1-16(9-6-10-16)20-14-11-13(17-2)18-15(19-14)12-7-4-3-5-8-12/h3-5,7-8,11H,6,9-10H2,1-2H3,(H2,17,18,19,20). The van der Waals surface area contributed by atoms with Crippen molar-refractivity contribution in [3.05, 3.63) is 36.4 Å². The molecule has 4 nitrogen and oxygen atoms in total. The van der Waals surface area contributed by atoms with E-state index in [4.69, 9.17) is 0 Å². The minimum atomic E-state index is 0.188. The van der Waals surface area contributed by atoms with Crippen molar-refractivity contribution in [1.29, 1.82) is 0 Å². The highest BCUT2D eigenvalue weighted by Gasteiger charge is 2.31. The Morgan fingerprint density at radius 3 is 2.35 bits per heavy atom. The average Bonchev–Trinajstić information content (AvgIpc) is 2.46. The third-order valence-corrected chi connectivity index (χ3v) is 3.90. The second-order valence-electron chi connectivity index (χ2n) is 5.62. The molecule has 0 saturated heterocycles. The molecule has 2 N–H and O–H groups in total. The van der Waals surface area contributed by atoms with Crippen LogP contribution >= 0.6 is 0 Å². The second kappa shape index (κ2) is 5.12. The maximum Gasteiger partial charge on any atom is 0.163 e. The van der Waals surface area contributed by atoms with Crippen molar-refractivity contribution < 1.29 is 0 Å². The molecule has 0 atom stereocenters. The maximum atomic E-state index is 4.66. The molecule has 0 amide bonds. The highest BCUT2D eigenvalue weighted by Crippen LogP contribution is 2.34. The van der Waals surface area contributed by atoms with Gasteiger partial charge in [-0.1, -0.05) is 30.3 Å². The third-order valence-electron chi connectivity index (χ3n) is 3.90. The predicted octanol–water partition coefficient (Wildman–Crippen LogP) is 3.54. The predicted molar refractivity (Wildman–Crippen MR) is 82.9 cm³/mol. The van der Waals surface area contributed by atoms with Crippen LogP contribution in [0.2, 0.25) is 0 Å². The van der Waals surface area contributed by atoms with Crippen molar-refractivity contribution in [2.45, 2.75) is 31.7 Å². The first-order valence-electron chi connectivity index (χ1n) is 7.09. The molecule has 3 rings (SSSR count). The van der Waals surface area contributed by atoms with Gasteiger partial charge in [-0.2, -0.15) is 0 Å². The molecule has 0 spiro atoms. The molecule has 1 heterocycles. The SMILES string of the molecule is CNc1cc(NC2(C)CCC2)nc(-c2ccccc2)n1. The third kappa shape index (κ3) is 2.59. The lowest BCUT2D eigenvalue weighted by Crippen LogP contribution is -2.41. The summed E-state index contributed by atoms with van der Waals surface area (Å²) in [6, 6.07) is 12.0. The summed E-state index contributed by atoms with van der Waals surface area (Å²) in [6.45, 7) is 2.25. The lowest BCUT2D eigenvalue weighted by atomic mass is 9.78. The van der Waals surface area contributed by atoms with Crippen LogP contribution in [0.5, 0.6) is 0 Å². The van der Waals surface area contributed by atoms with E-state index in [1.54, 1.807) is 0 Å². The number of nitrogens with zero attached hydrogens (tertiary/aromatic N) is 2. The Kier molecular flexibility index (Phi) is 3.30. The molecular formula is C16H20N4. The lowest BCUT2D eigenvalue weighted by Gasteiger charge is -2.39. The van der Waals surface area contributed by atoms with Gasteiger partial charge in [0.1, 0.15) is 11.6 Å². The van der Waals surface area contributed by atoms with Gasteiger partial charge in [0.15, 0.2) is 5.82 Å². The quantitative estimate of drug-likeness (QED) is 0.890. The molecule has 20 heavy (non-hydrogen) atoms. The number of anilines is 2. The molecule has 4 heteroatoms. The van der Waals surface area contributed by atoms with E-state index >= 15 is 0 Å². The van der Waals surface area contributed by atoms with Crippen LogP contribution in [0.15, 0.2) is 36.4 Å². The van der Waals surface area contributed by atoms with Crippen LogP contribution in [0.1, 0.15) is 26.2 Å². The number of nitrogens with one attached hydrogen (secondary N) is 2. The Hall–Kier alpha value is -2.10. The number of aromatic nitrogens is 2. The number of hydrogen-bond acceptors (Lipinski definition) is 4. The molecule has 1 aromatic heterocycles. The first kappa shape index (κ1) is 12.9.